The molecule has 65 heavy (non-hydrogen) atoms. The van der Waals surface area contributed by atoms with E-state index in [-0.39, 0.29) is 36.2 Å². The Morgan fingerprint density at radius 3 is 2.43 bits per heavy atom. The van der Waals surface area contributed by atoms with Gasteiger partial charge in [-0.15, -0.1) is 0 Å². The highest BCUT2D eigenvalue weighted by Crippen LogP contribution is 2.45. The summed E-state index contributed by atoms with van der Waals surface area (Å²) in [5.74, 6) is -0.111. The first-order valence-corrected chi connectivity index (χ1v) is 22.9. The molecule has 4 aromatic heterocycles. The summed E-state index contributed by atoms with van der Waals surface area (Å²) in [4.78, 5) is 53.1. The van der Waals surface area contributed by atoms with E-state index in [1.165, 1.54) is 18.7 Å². The topological polar surface area (TPSA) is 182 Å². The number of imide groups is 1. The summed E-state index contributed by atoms with van der Waals surface area (Å²) in [5.41, 5.74) is 2.80. The van der Waals surface area contributed by atoms with E-state index in [0.29, 0.717) is 85.3 Å². The van der Waals surface area contributed by atoms with Crippen molar-refractivity contribution in [3.8, 4) is 28.6 Å². The van der Waals surface area contributed by atoms with Crippen molar-refractivity contribution in [1.82, 2.24) is 44.9 Å². The Kier molecular flexibility index (Phi) is 11.2. The zero-order valence-corrected chi connectivity index (χ0v) is 36.5. The second-order valence-electron chi connectivity index (χ2n) is 18.6. The lowest BCUT2D eigenvalue weighted by Crippen LogP contribution is -2.54. The third kappa shape index (κ3) is 8.37. The number of pyridine rings is 1. The van der Waals surface area contributed by atoms with Gasteiger partial charge in [-0.25, -0.2) is 23.3 Å². The average molecular weight is 886 g/mol. The zero-order chi connectivity index (χ0) is 44.9. The number of fused-ring (bicyclic) bond motifs is 1. The van der Waals surface area contributed by atoms with Gasteiger partial charge >= 0.3 is 0 Å². The quantitative estimate of drug-likeness (QED) is 0.136. The van der Waals surface area contributed by atoms with Crippen LogP contribution in [0.4, 0.5) is 26.0 Å². The Hall–Kier alpha value is -6.48. The predicted molar refractivity (Wildman–Crippen MR) is 239 cm³/mol. The molecule has 0 bridgehead atoms. The summed E-state index contributed by atoms with van der Waals surface area (Å²) in [6.45, 7) is 6.13. The molecule has 18 heteroatoms. The fourth-order valence-electron chi connectivity index (χ4n) is 10.1. The van der Waals surface area contributed by atoms with Gasteiger partial charge in [-0.3, -0.25) is 29.3 Å². The average Bonchev–Trinajstić information content (AvgIpc) is 3.96. The van der Waals surface area contributed by atoms with Crippen molar-refractivity contribution in [3.63, 3.8) is 0 Å². The molecule has 0 radical (unpaired) electrons. The maximum Gasteiger partial charge on any atom is 0.249 e. The number of rotatable bonds is 12. The molecular weight excluding hydrogens is 833 g/mol. The van der Waals surface area contributed by atoms with Crippen LogP contribution in [0.25, 0.3) is 28.0 Å². The normalized spacial score (nSPS) is 23.7. The lowest BCUT2D eigenvalue weighted by molar-refractivity contribution is -0.134. The van der Waals surface area contributed by atoms with Crippen LogP contribution in [0.2, 0.25) is 0 Å². The first-order chi connectivity index (χ1) is 31.5. The number of nitrogens with zero attached hydrogens (tertiary/aromatic N) is 10. The fourth-order valence-corrected chi connectivity index (χ4v) is 10.1. The number of piperazine rings is 1. The van der Waals surface area contributed by atoms with Crippen molar-refractivity contribution in [2.45, 2.75) is 94.9 Å². The number of piperidine rings is 2. The standard InChI is InChI=1S/C47H53F2N13O3/c1-2-46(45(65)55-33-4-3-5-33)12-14-60(15-13-46)40-10-6-30(24-51-40)42-43-31(23-50)25-53-62(43)28-38(56-42)32-26-52-61(27-32)35-21-47(49,22-35)29-58-16-18-59(19-17-58)39-9-7-34(20-36(39)48)54-37-8-11-41(63)57-44(37)64/h6-7,9-10,20,24-28,33,35,37,54H,2-5,8,11-19,21-22,29H2,1H3,(H,55,65)(H,57,63,64)/t35-,37-,47+/m0/s1. The summed E-state index contributed by atoms with van der Waals surface area (Å²) >= 11 is 0. The van der Waals surface area contributed by atoms with Crippen molar-refractivity contribution < 1.29 is 23.2 Å². The molecule has 5 aliphatic rings. The first-order valence-electron chi connectivity index (χ1n) is 22.9. The smallest absolute Gasteiger partial charge is 0.249 e. The van der Waals surface area contributed by atoms with Crippen LogP contribution >= 0.6 is 0 Å². The van der Waals surface area contributed by atoms with Gasteiger partial charge in [0, 0.05) is 100 Å². The maximum absolute atomic E-state index is 16.2. The van der Waals surface area contributed by atoms with Crippen LogP contribution in [0.1, 0.15) is 82.7 Å². The minimum atomic E-state index is -1.38. The monoisotopic (exact) mass is 885 g/mol. The van der Waals surface area contributed by atoms with Gasteiger partial charge in [0.05, 0.1) is 47.1 Å². The molecule has 2 aliphatic carbocycles. The van der Waals surface area contributed by atoms with Crippen molar-refractivity contribution in [1.29, 1.82) is 5.26 Å². The Bertz CT molecular complexity index is 2650. The lowest BCUT2D eigenvalue weighted by atomic mass is 9.74. The van der Waals surface area contributed by atoms with E-state index < -0.39 is 23.4 Å². The van der Waals surface area contributed by atoms with Gasteiger partial charge in [-0.2, -0.15) is 15.5 Å². The molecule has 1 atom stereocenters. The summed E-state index contributed by atoms with van der Waals surface area (Å²) in [5, 5.41) is 27.7. The van der Waals surface area contributed by atoms with Gasteiger partial charge in [-0.1, -0.05) is 6.92 Å². The van der Waals surface area contributed by atoms with E-state index in [4.69, 9.17) is 9.97 Å². The predicted octanol–water partition coefficient (Wildman–Crippen LogP) is 5.41. The van der Waals surface area contributed by atoms with Crippen LogP contribution in [0, 0.1) is 22.6 Å². The zero-order valence-electron chi connectivity index (χ0n) is 36.5. The summed E-state index contributed by atoms with van der Waals surface area (Å²) in [6.07, 6.45) is 15.6. The van der Waals surface area contributed by atoms with Crippen LogP contribution in [0.15, 0.2) is 61.3 Å². The number of anilines is 3. The minimum absolute atomic E-state index is 0.124. The highest BCUT2D eigenvalue weighted by molar-refractivity contribution is 6.01. The molecule has 7 heterocycles. The molecule has 3 aliphatic heterocycles. The second-order valence-corrected chi connectivity index (χ2v) is 18.6. The van der Waals surface area contributed by atoms with Crippen LogP contribution < -0.4 is 25.8 Å². The highest BCUT2D eigenvalue weighted by atomic mass is 19.1. The fraction of sp³-hybridized carbons (Fsp3) is 0.489. The van der Waals surface area contributed by atoms with Gasteiger partial charge in [0.25, 0.3) is 0 Å². The van der Waals surface area contributed by atoms with Crippen molar-refractivity contribution in [3.05, 3.63) is 72.7 Å². The Labute approximate surface area is 375 Å². The molecule has 3 N–H and O–H groups in total. The van der Waals surface area contributed by atoms with Crippen molar-refractivity contribution >= 4 is 40.4 Å². The van der Waals surface area contributed by atoms with E-state index in [1.807, 2.05) is 23.2 Å². The number of hydrogen-bond donors (Lipinski definition) is 3. The van der Waals surface area contributed by atoms with E-state index in [9.17, 15) is 19.6 Å². The van der Waals surface area contributed by atoms with Gasteiger partial charge in [-0.05, 0) is 75.3 Å². The second kappa shape index (κ2) is 17.1. The number of aromatic nitrogens is 6. The number of benzene rings is 1. The van der Waals surface area contributed by atoms with Gasteiger partial charge < -0.3 is 20.4 Å². The van der Waals surface area contributed by atoms with Gasteiger partial charge in [0.1, 0.15) is 40.5 Å². The molecule has 2 saturated carbocycles. The molecule has 338 valence electrons. The Morgan fingerprint density at radius 2 is 1.75 bits per heavy atom. The molecule has 1 aromatic carbocycles. The van der Waals surface area contributed by atoms with Crippen LogP contribution in [0.5, 0.6) is 0 Å². The summed E-state index contributed by atoms with van der Waals surface area (Å²) in [7, 11) is 0. The molecule has 10 rings (SSSR count). The number of nitrogens with one attached hydrogen (secondary N) is 3. The number of carbonyl (C=O) groups is 3. The summed E-state index contributed by atoms with van der Waals surface area (Å²) < 4.78 is 34.9. The summed E-state index contributed by atoms with van der Waals surface area (Å²) in [6, 6.07) is 10.6. The molecule has 16 nitrogen and oxygen atoms in total. The minimum Gasteiger partial charge on any atom is -0.374 e. The van der Waals surface area contributed by atoms with E-state index in [2.05, 4.69) is 48.9 Å². The number of hydrogen-bond acceptors (Lipinski definition) is 12. The van der Waals surface area contributed by atoms with Crippen molar-refractivity contribution in [2.24, 2.45) is 5.41 Å². The first kappa shape index (κ1) is 42.5. The molecule has 5 fully saturated rings. The van der Waals surface area contributed by atoms with Crippen LogP contribution in [-0.2, 0) is 14.4 Å². The molecule has 0 unspecified atom stereocenters. The van der Waals surface area contributed by atoms with E-state index >= 15 is 8.78 Å². The molecular formula is C47H53F2N13O3. The van der Waals surface area contributed by atoms with Crippen LogP contribution in [-0.4, -0.2) is 116 Å². The molecule has 3 amide bonds. The number of halogens is 2. The van der Waals surface area contributed by atoms with Gasteiger partial charge in [0.15, 0.2) is 0 Å². The number of carbonyl (C=O) groups excluding carboxylic acids is 3. The maximum atomic E-state index is 16.2. The SMILES string of the molecule is CCC1(C(=O)NC2CCC2)CCN(c2ccc(-c3nc(-c4cnn([C@H]5C[C@](F)(CN6CCN(c7ccc(N[C@H]8CCC(=O)NC8=O)cc7F)CC6)C5)c4)cn4ncc(C#N)c34)cn2)CC1. The third-order valence-corrected chi connectivity index (χ3v) is 14.5. The number of amides is 3. The Morgan fingerprint density at radius 1 is 0.954 bits per heavy atom. The number of alkyl halides is 1. The van der Waals surface area contributed by atoms with E-state index in [0.717, 1.165) is 62.1 Å². The van der Waals surface area contributed by atoms with E-state index in [1.54, 1.807) is 39.9 Å². The third-order valence-electron chi connectivity index (χ3n) is 14.5. The number of nitriles is 1. The molecule has 5 aromatic rings. The molecule has 3 saturated heterocycles. The lowest BCUT2D eigenvalue weighted by Gasteiger charge is -2.46. The van der Waals surface area contributed by atoms with Crippen LogP contribution in [0.3, 0.4) is 0 Å². The van der Waals surface area contributed by atoms with Crippen molar-refractivity contribution in [2.75, 3.05) is 60.9 Å². The molecule has 0 spiro atoms. The van der Waals surface area contributed by atoms with Gasteiger partial charge in [0.2, 0.25) is 17.7 Å². The Balaban J connectivity index is 0.755. The largest absolute Gasteiger partial charge is 0.374 e. The highest BCUT2D eigenvalue weighted by Gasteiger charge is 2.47.